The fraction of sp³-hybridized carbons (Fsp3) is 0.500. The van der Waals surface area contributed by atoms with E-state index in [1.54, 1.807) is 0 Å². The van der Waals surface area contributed by atoms with E-state index in [-0.39, 0.29) is 6.04 Å². The molecule has 0 amide bonds. The van der Waals surface area contributed by atoms with Gasteiger partial charge < -0.3 is 20.1 Å². The Balaban J connectivity index is 1.93. The number of aliphatic hydroxyl groups excluding tert-OH is 1. The SMILES string of the molecule is CCN(CC)c1c(OCc2ccccc2)ccc2c1CC[C@@H](NC(C)C)[C@@H]2O. The van der Waals surface area contributed by atoms with Crippen LogP contribution in [0, 0.1) is 0 Å². The summed E-state index contributed by atoms with van der Waals surface area (Å²) in [5, 5.41) is 14.5. The van der Waals surface area contributed by atoms with Crippen molar-refractivity contribution in [3.8, 4) is 5.75 Å². The van der Waals surface area contributed by atoms with Crippen molar-refractivity contribution in [3.63, 3.8) is 0 Å². The van der Waals surface area contributed by atoms with E-state index in [2.05, 4.69) is 56.1 Å². The standard InChI is InChI=1S/C24H34N2O2/c1-5-26(6-2)23-19-12-14-21(25-17(3)4)24(27)20(19)13-15-22(23)28-16-18-10-8-7-9-11-18/h7-11,13,15,17,21,24-25,27H,5-6,12,14,16H2,1-4H3/t21-,24-/m1/s1. The number of rotatable bonds is 8. The summed E-state index contributed by atoms with van der Waals surface area (Å²) in [6.07, 6.45) is 1.40. The molecule has 0 aliphatic heterocycles. The summed E-state index contributed by atoms with van der Waals surface area (Å²) in [4.78, 5) is 2.35. The van der Waals surface area contributed by atoms with E-state index in [1.165, 1.54) is 5.56 Å². The molecule has 2 atom stereocenters. The van der Waals surface area contributed by atoms with Crippen LogP contribution in [0.3, 0.4) is 0 Å². The predicted octanol–water partition coefficient (Wildman–Crippen LogP) is 4.46. The number of nitrogens with one attached hydrogen (secondary N) is 1. The van der Waals surface area contributed by atoms with Crippen LogP contribution in [0.1, 0.15) is 56.9 Å². The summed E-state index contributed by atoms with van der Waals surface area (Å²) in [6.45, 7) is 11.0. The van der Waals surface area contributed by atoms with Crippen LogP contribution in [0.4, 0.5) is 5.69 Å². The number of aliphatic hydroxyl groups is 1. The van der Waals surface area contributed by atoms with Gasteiger partial charge in [-0.05, 0) is 49.4 Å². The largest absolute Gasteiger partial charge is 0.487 e. The van der Waals surface area contributed by atoms with Gasteiger partial charge in [-0.15, -0.1) is 0 Å². The van der Waals surface area contributed by atoms with Gasteiger partial charge in [-0.25, -0.2) is 0 Å². The number of ether oxygens (including phenoxy) is 1. The second kappa shape index (κ2) is 9.44. The van der Waals surface area contributed by atoms with Crippen LogP contribution in [0.15, 0.2) is 42.5 Å². The molecule has 0 aromatic heterocycles. The van der Waals surface area contributed by atoms with Gasteiger partial charge in [-0.2, -0.15) is 0 Å². The summed E-state index contributed by atoms with van der Waals surface area (Å²) in [6, 6.07) is 14.8. The predicted molar refractivity (Wildman–Crippen MR) is 116 cm³/mol. The van der Waals surface area contributed by atoms with Crippen LogP contribution in [-0.4, -0.2) is 30.3 Å². The fourth-order valence-corrected chi connectivity index (χ4v) is 4.19. The van der Waals surface area contributed by atoms with Gasteiger partial charge >= 0.3 is 0 Å². The highest BCUT2D eigenvalue weighted by Gasteiger charge is 2.31. The van der Waals surface area contributed by atoms with E-state index in [0.29, 0.717) is 12.6 Å². The minimum atomic E-state index is -0.483. The molecule has 1 aliphatic carbocycles. The Hall–Kier alpha value is -2.04. The lowest BCUT2D eigenvalue weighted by Crippen LogP contribution is -2.42. The average molecular weight is 383 g/mol. The van der Waals surface area contributed by atoms with Crippen molar-refractivity contribution in [2.75, 3.05) is 18.0 Å². The molecule has 2 aromatic rings. The molecule has 0 unspecified atom stereocenters. The maximum absolute atomic E-state index is 11.0. The van der Waals surface area contributed by atoms with Crippen molar-refractivity contribution in [1.82, 2.24) is 5.32 Å². The smallest absolute Gasteiger partial charge is 0.143 e. The molecule has 4 heteroatoms. The van der Waals surface area contributed by atoms with Crippen LogP contribution >= 0.6 is 0 Å². The maximum atomic E-state index is 11.0. The maximum Gasteiger partial charge on any atom is 0.143 e. The Morgan fingerprint density at radius 3 is 2.46 bits per heavy atom. The highest BCUT2D eigenvalue weighted by molar-refractivity contribution is 5.67. The lowest BCUT2D eigenvalue weighted by Gasteiger charge is -2.36. The molecule has 4 nitrogen and oxygen atoms in total. The first kappa shape index (κ1) is 20.7. The number of hydrogen-bond acceptors (Lipinski definition) is 4. The summed E-state index contributed by atoms with van der Waals surface area (Å²) in [5.41, 5.74) is 4.59. The summed E-state index contributed by atoms with van der Waals surface area (Å²) < 4.78 is 6.26. The second-order valence-electron chi connectivity index (χ2n) is 7.84. The quantitative estimate of drug-likeness (QED) is 0.708. The molecule has 2 N–H and O–H groups in total. The Bertz CT molecular complexity index is 757. The molecule has 28 heavy (non-hydrogen) atoms. The molecular weight excluding hydrogens is 348 g/mol. The third-order valence-corrected chi connectivity index (χ3v) is 5.55. The molecule has 0 saturated carbocycles. The first-order valence-electron chi connectivity index (χ1n) is 10.6. The third kappa shape index (κ3) is 4.50. The number of benzene rings is 2. The van der Waals surface area contributed by atoms with Crippen molar-refractivity contribution in [1.29, 1.82) is 0 Å². The van der Waals surface area contributed by atoms with Gasteiger partial charge in [-0.1, -0.05) is 50.2 Å². The molecule has 2 aromatic carbocycles. The molecular formula is C24H34N2O2. The molecule has 0 fully saturated rings. The van der Waals surface area contributed by atoms with Gasteiger partial charge in [0.05, 0.1) is 11.8 Å². The minimum absolute atomic E-state index is 0.105. The zero-order valence-electron chi connectivity index (χ0n) is 17.6. The van der Waals surface area contributed by atoms with Crippen molar-refractivity contribution in [2.45, 2.75) is 65.3 Å². The lowest BCUT2D eigenvalue weighted by molar-refractivity contribution is 0.110. The Morgan fingerprint density at radius 1 is 1.11 bits per heavy atom. The highest BCUT2D eigenvalue weighted by atomic mass is 16.5. The molecule has 1 aliphatic rings. The Morgan fingerprint density at radius 2 is 1.82 bits per heavy atom. The molecule has 3 rings (SSSR count). The number of anilines is 1. The molecule has 0 saturated heterocycles. The summed E-state index contributed by atoms with van der Waals surface area (Å²) in [5.74, 6) is 0.911. The van der Waals surface area contributed by atoms with E-state index in [9.17, 15) is 5.11 Å². The van der Waals surface area contributed by atoms with E-state index in [1.807, 2.05) is 24.3 Å². The van der Waals surface area contributed by atoms with Crippen LogP contribution in [0.25, 0.3) is 0 Å². The summed E-state index contributed by atoms with van der Waals surface area (Å²) in [7, 11) is 0. The highest BCUT2D eigenvalue weighted by Crippen LogP contribution is 2.42. The molecule has 0 radical (unpaired) electrons. The summed E-state index contributed by atoms with van der Waals surface area (Å²) >= 11 is 0. The monoisotopic (exact) mass is 382 g/mol. The van der Waals surface area contributed by atoms with Crippen LogP contribution in [0.2, 0.25) is 0 Å². The Labute approximate surface area is 169 Å². The lowest BCUT2D eigenvalue weighted by atomic mass is 9.84. The van der Waals surface area contributed by atoms with Crippen molar-refractivity contribution in [2.24, 2.45) is 0 Å². The van der Waals surface area contributed by atoms with Crippen LogP contribution in [-0.2, 0) is 13.0 Å². The first-order chi connectivity index (χ1) is 13.5. The van der Waals surface area contributed by atoms with E-state index in [4.69, 9.17) is 4.74 Å². The topological polar surface area (TPSA) is 44.7 Å². The normalized spacial score (nSPS) is 18.8. The third-order valence-electron chi connectivity index (χ3n) is 5.55. The molecule has 0 spiro atoms. The van der Waals surface area contributed by atoms with Crippen LogP contribution in [0.5, 0.6) is 5.75 Å². The van der Waals surface area contributed by atoms with Gasteiger partial charge in [0.1, 0.15) is 12.4 Å². The molecule has 152 valence electrons. The van der Waals surface area contributed by atoms with E-state index >= 15 is 0 Å². The van der Waals surface area contributed by atoms with Crippen molar-refractivity contribution >= 4 is 5.69 Å². The van der Waals surface area contributed by atoms with Gasteiger partial charge in [0, 0.05) is 25.2 Å². The fourth-order valence-electron chi connectivity index (χ4n) is 4.19. The van der Waals surface area contributed by atoms with Crippen LogP contribution < -0.4 is 15.0 Å². The molecule has 0 heterocycles. The first-order valence-corrected chi connectivity index (χ1v) is 10.6. The van der Waals surface area contributed by atoms with Gasteiger partial charge in [0.2, 0.25) is 0 Å². The zero-order chi connectivity index (χ0) is 20.1. The number of nitrogens with zero attached hydrogens (tertiary/aromatic N) is 1. The zero-order valence-corrected chi connectivity index (χ0v) is 17.6. The van der Waals surface area contributed by atoms with Gasteiger partial charge in [0.25, 0.3) is 0 Å². The minimum Gasteiger partial charge on any atom is -0.487 e. The Kier molecular flexibility index (Phi) is 6.97. The van der Waals surface area contributed by atoms with Gasteiger partial charge in [0.15, 0.2) is 0 Å². The van der Waals surface area contributed by atoms with Gasteiger partial charge in [-0.3, -0.25) is 0 Å². The second-order valence-corrected chi connectivity index (χ2v) is 7.84. The molecule has 0 bridgehead atoms. The number of fused-ring (bicyclic) bond motifs is 1. The average Bonchev–Trinajstić information content (AvgIpc) is 2.70. The van der Waals surface area contributed by atoms with E-state index < -0.39 is 6.10 Å². The van der Waals surface area contributed by atoms with Crippen molar-refractivity contribution < 1.29 is 9.84 Å². The number of hydrogen-bond donors (Lipinski definition) is 2. The van der Waals surface area contributed by atoms with E-state index in [0.717, 1.165) is 48.5 Å². The van der Waals surface area contributed by atoms with Crippen molar-refractivity contribution in [3.05, 3.63) is 59.2 Å².